The maximum absolute atomic E-state index is 13.2. The second kappa shape index (κ2) is 7.00. The van der Waals surface area contributed by atoms with Crippen LogP contribution in [0.1, 0.15) is 24.0 Å². The molecule has 1 N–H and O–H groups in total. The second-order valence-corrected chi connectivity index (χ2v) is 6.67. The van der Waals surface area contributed by atoms with E-state index in [1.807, 2.05) is 25.1 Å². The van der Waals surface area contributed by atoms with Crippen LogP contribution in [-0.4, -0.2) is 39.7 Å². The average Bonchev–Trinajstić information content (AvgIpc) is 2.88. The van der Waals surface area contributed by atoms with Crippen molar-refractivity contribution < 1.29 is 13.6 Å². The number of nitrogens with one attached hydrogen (secondary N) is 1. The summed E-state index contributed by atoms with van der Waals surface area (Å²) in [6.45, 7) is 2.37. The van der Waals surface area contributed by atoms with E-state index in [0.29, 0.717) is 17.4 Å². The first-order valence-electron chi connectivity index (χ1n) is 8.05. The standard InChI is InChI=1S/C17H19ClF2N4O/c1-12-10-21-24(11-13-3-2-4-14(18)9-13)15(12)22-16(25)23-7-5-17(19,20)6-8-23/h2-4,9-10H,5-8,11H2,1H3,(H,22,25). The fraction of sp³-hybridized carbons (Fsp3) is 0.412. The van der Waals surface area contributed by atoms with Crippen LogP contribution in [0.15, 0.2) is 30.5 Å². The van der Waals surface area contributed by atoms with Gasteiger partial charge in [0.2, 0.25) is 0 Å². The lowest BCUT2D eigenvalue weighted by molar-refractivity contribution is -0.0461. The normalized spacial score (nSPS) is 16.7. The molecule has 1 aliphatic rings. The molecule has 0 unspecified atom stereocenters. The number of carbonyl (C=O) groups is 1. The smallest absolute Gasteiger partial charge is 0.323 e. The lowest BCUT2D eigenvalue weighted by atomic mass is 10.1. The number of benzene rings is 1. The Morgan fingerprint density at radius 3 is 2.76 bits per heavy atom. The van der Waals surface area contributed by atoms with Crippen molar-refractivity contribution >= 4 is 23.4 Å². The van der Waals surface area contributed by atoms with Gasteiger partial charge in [0, 0.05) is 36.5 Å². The van der Waals surface area contributed by atoms with Crippen LogP contribution >= 0.6 is 11.6 Å². The number of halogens is 3. The molecule has 0 bridgehead atoms. The Balaban J connectivity index is 1.70. The van der Waals surface area contributed by atoms with E-state index in [0.717, 1.165) is 11.1 Å². The molecule has 5 nitrogen and oxygen atoms in total. The highest BCUT2D eigenvalue weighted by Crippen LogP contribution is 2.28. The van der Waals surface area contributed by atoms with Crippen LogP contribution in [0, 0.1) is 6.92 Å². The molecule has 25 heavy (non-hydrogen) atoms. The highest BCUT2D eigenvalue weighted by atomic mass is 35.5. The largest absolute Gasteiger partial charge is 0.324 e. The summed E-state index contributed by atoms with van der Waals surface area (Å²) < 4.78 is 28.1. The maximum Gasteiger partial charge on any atom is 0.323 e. The quantitative estimate of drug-likeness (QED) is 0.884. The van der Waals surface area contributed by atoms with E-state index in [4.69, 9.17) is 11.6 Å². The number of hydrogen-bond donors (Lipinski definition) is 1. The molecule has 2 aromatic rings. The summed E-state index contributed by atoms with van der Waals surface area (Å²) in [6, 6.07) is 7.00. The first-order chi connectivity index (χ1) is 11.8. The van der Waals surface area contributed by atoms with Crippen LogP contribution in [-0.2, 0) is 6.54 Å². The molecule has 0 aliphatic carbocycles. The summed E-state index contributed by atoms with van der Waals surface area (Å²) in [5.41, 5.74) is 1.75. The van der Waals surface area contributed by atoms with Crippen molar-refractivity contribution in [2.24, 2.45) is 0 Å². The summed E-state index contributed by atoms with van der Waals surface area (Å²) in [4.78, 5) is 13.8. The zero-order chi connectivity index (χ0) is 18.0. The monoisotopic (exact) mass is 368 g/mol. The molecule has 0 radical (unpaired) electrons. The Morgan fingerprint density at radius 1 is 1.36 bits per heavy atom. The number of rotatable bonds is 3. The topological polar surface area (TPSA) is 50.2 Å². The predicted octanol–water partition coefficient (Wildman–Crippen LogP) is 4.16. The van der Waals surface area contributed by atoms with Gasteiger partial charge in [-0.15, -0.1) is 0 Å². The number of likely N-dealkylation sites (tertiary alicyclic amines) is 1. The summed E-state index contributed by atoms with van der Waals surface area (Å²) in [5, 5.41) is 7.71. The predicted molar refractivity (Wildman–Crippen MR) is 92.3 cm³/mol. The molecule has 8 heteroatoms. The van der Waals surface area contributed by atoms with E-state index in [2.05, 4.69) is 10.4 Å². The first-order valence-corrected chi connectivity index (χ1v) is 8.42. The first kappa shape index (κ1) is 17.7. The van der Waals surface area contributed by atoms with E-state index >= 15 is 0 Å². The summed E-state index contributed by atoms with van der Waals surface area (Å²) >= 11 is 6.00. The fourth-order valence-corrected chi connectivity index (χ4v) is 3.00. The number of hydrogen-bond acceptors (Lipinski definition) is 2. The third-order valence-corrected chi connectivity index (χ3v) is 4.49. The molecule has 1 aromatic heterocycles. The Kier molecular flexibility index (Phi) is 4.94. The van der Waals surface area contributed by atoms with Gasteiger partial charge in [0.05, 0.1) is 12.7 Å². The van der Waals surface area contributed by atoms with E-state index in [1.54, 1.807) is 16.9 Å². The Bertz CT molecular complexity index is 768. The van der Waals surface area contributed by atoms with Gasteiger partial charge in [-0.1, -0.05) is 23.7 Å². The third kappa shape index (κ3) is 4.28. The molecule has 134 valence electrons. The van der Waals surface area contributed by atoms with Gasteiger partial charge in [-0.3, -0.25) is 5.32 Å². The molecule has 0 saturated carbocycles. The zero-order valence-corrected chi connectivity index (χ0v) is 14.6. The molecule has 1 aromatic carbocycles. The van der Waals surface area contributed by atoms with E-state index < -0.39 is 5.92 Å². The lowest BCUT2D eigenvalue weighted by Gasteiger charge is -2.31. The minimum atomic E-state index is -2.68. The van der Waals surface area contributed by atoms with Gasteiger partial charge < -0.3 is 4.90 Å². The lowest BCUT2D eigenvalue weighted by Crippen LogP contribution is -2.44. The Labute approximate surface area is 149 Å². The van der Waals surface area contributed by atoms with Crippen molar-refractivity contribution in [3.05, 3.63) is 46.6 Å². The van der Waals surface area contributed by atoms with Gasteiger partial charge in [-0.05, 0) is 24.6 Å². The molecule has 0 atom stereocenters. The highest BCUT2D eigenvalue weighted by molar-refractivity contribution is 6.30. The number of alkyl halides is 2. The number of amides is 2. The van der Waals surface area contributed by atoms with Gasteiger partial charge >= 0.3 is 6.03 Å². The average molecular weight is 369 g/mol. The number of piperidine rings is 1. The van der Waals surface area contributed by atoms with Crippen molar-refractivity contribution in [2.75, 3.05) is 18.4 Å². The van der Waals surface area contributed by atoms with Crippen LogP contribution in [0.2, 0.25) is 5.02 Å². The zero-order valence-electron chi connectivity index (χ0n) is 13.8. The van der Waals surface area contributed by atoms with E-state index in [1.165, 1.54) is 4.90 Å². The van der Waals surface area contributed by atoms with Crippen LogP contribution < -0.4 is 5.32 Å². The number of urea groups is 1. The summed E-state index contributed by atoms with van der Waals surface area (Å²) in [5.74, 6) is -2.12. The molecule has 1 saturated heterocycles. The summed E-state index contributed by atoms with van der Waals surface area (Å²) in [7, 11) is 0. The number of carbonyl (C=O) groups excluding carboxylic acids is 1. The number of anilines is 1. The minimum absolute atomic E-state index is 0.0420. The second-order valence-electron chi connectivity index (χ2n) is 6.24. The third-order valence-electron chi connectivity index (χ3n) is 4.25. The molecule has 3 rings (SSSR count). The van der Waals surface area contributed by atoms with Crippen molar-refractivity contribution in [3.8, 4) is 0 Å². The minimum Gasteiger partial charge on any atom is -0.324 e. The molecular formula is C17H19ClF2N4O. The van der Waals surface area contributed by atoms with Crippen molar-refractivity contribution in [2.45, 2.75) is 32.2 Å². The van der Waals surface area contributed by atoms with Crippen molar-refractivity contribution in [1.82, 2.24) is 14.7 Å². The van der Waals surface area contributed by atoms with Gasteiger partial charge in [0.15, 0.2) is 0 Å². The fourth-order valence-electron chi connectivity index (χ4n) is 2.79. The van der Waals surface area contributed by atoms with Crippen LogP contribution in [0.5, 0.6) is 0 Å². The maximum atomic E-state index is 13.2. The summed E-state index contributed by atoms with van der Waals surface area (Å²) in [6.07, 6.45) is 1.05. The van der Waals surface area contributed by atoms with Gasteiger partial charge in [-0.25, -0.2) is 18.3 Å². The molecule has 0 spiro atoms. The molecule has 2 heterocycles. The molecule has 1 fully saturated rings. The van der Waals surface area contributed by atoms with Gasteiger partial charge in [-0.2, -0.15) is 5.10 Å². The Morgan fingerprint density at radius 2 is 2.08 bits per heavy atom. The van der Waals surface area contributed by atoms with Crippen LogP contribution in [0.3, 0.4) is 0 Å². The SMILES string of the molecule is Cc1cnn(Cc2cccc(Cl)c2)c1NC(=O)N1CCC(F)(F)CC1. The number of aryl methyl sites for hydroxylation is 1. The molecular weight excluding hydrogens is 350 g/mol. The Hall–Kier alpha value is -2.15. The molecule has 2 amide bonds. The number of aromatic nitrogens is 2. The van der Waals surface area contributed by atoms with E-state index in [-0.39, 0.29) is 32.0 Å². The molecule has 1 aliphatic heterocycles. The van der Waals surface area contributed by atoms with Gasteiger partial charge in [0.25, 0.3) is 5.92 Å². The van der Waals surface area contributed by atoms with Crippen molar-refractivity contribution in [3.63, 3.8) is 0 Å². The van der Waals surface area contributed by atoms with E-state index in [9.17, 15) is 13.6 Å². The van der Waals surface area contributed by atoms with Crippen molar-refractivity contribution in [1.29, 1.82) is 0 Å². The highest BCUT2D eigenvalue weighted by Gasteiger charge is 2.35. The number of nitrogens with zero attached hydrogens (tertiary/aromatic N) is 3. The van der Waals surface area contributed by atoms with Gasteiger partial charge in [0.1, 0.15) is 5.82 Å². The van der Waals surface area contributed by atoms with Crippen LogP contribution in [0.4, 0.5) is 19.4 Å². The van der Waals surface area contributed by atoms with Crippen LogP contribution in [0.25, 0.3) is 0 Å².